The first kappa shape index (κ1) is 13.4. The van der Waals surface area contributed by atoms with Gasteiger partial charge in [-0.05, 0) is 32.9 Å². The monoisotopic (exact) mass is 264 g/mol. The summed E-state index contributed by atoms with van der Waals surface area (Å²) in [5.74, 6) is 0.837. The Kier molecular flexibility index (Phi) is 3.71. The molecular weight excluding hydrogens is 248 g/mol. The topological polar surface area (TPSA) is 88.5 Å². The second kappa shape index (κ2) is 5.27. The molecule has 0 aliphatic heterocycles. The molecule has 0 radical (unpaired) electrons. The Labute approximate surface area is 110 Å². The normalized spacial score (nSPS) is 12.6. The fourth-order valence-electron chi connectivity index (χ4n) is 1.66. The molecule has 6 heteroatoms. The number of carboxylic acids is 1. The largest absolute Gasteiger partial charge is 0.475 e. The third-order valence-electron chi connectivity index (χ3n) is 2.90. The summed E-state index contributed by atoms with van der Waals surface area (Å²) in [7, 11) is 0. The van der Waals surface area contributed by atoms with Crippen LogP contribution in [0.5, 0.6) is 0 Å². The second-order valence-corrected chi connectivity index (χ2v) is 4.36. The highest BCUT2D eigenvalue weighted by atomic mass is 16.4. The number of oxazole rings is 1. The summed E-state index contributed by atoms with van der Waals surface area (Å²) < 4.78 is 10.7. The summed E-state index contributed by atoms with van der Waals surface area (Å²) in [4.78, 5) is 15.0. The van der Waals surface area contributed by atoms with E-state index in [0.717, 1.165) is 11.5 Å². The molecule has 2 rings (SSSR count). The van der Waals surface area contributed by atoms with E-state index in [-0.39, 0.29) is 11.8 Å². The standard InChI is InChI=1S/C13H16N2O4/c1-7-9(3)18-12(15-7)6-14-8(2)10-4-5-11(19-10)13(16)17/h4-5,8,14H,6H2,1-3H3,(H,16,17). The van der Waals surface area contributed by atoms with Crippen molar-refractivity contribution < 1.29 is 18.7 Å². The highest BCUT2D eigenvalue weighted by Gasteiger charge is 2.14. The van der Waals surface area contributed by atoms with Crippen molar-refractivity contribution in [3.63, 3.8) is 0 Å². The molecule has 19 heavy (non-hydrogen) atoms. The minimum Gasteiger partial charge on any atom is -0.475 e. The summed E-state index contributed by atoms with van der Waals surface area (Å²) in [5, 5.41) is 11.9. The third-order valence-corrected chi connectivity index (χ3v) is 2.90. The molecule has 0 fully saturated rings. The minimum atomic E-state index is -1.07. The molecule has 1 unspecified atom stereocenters. The number of furan rings is 1. The van der Waals surface area contributed by atoms with Gasteiger partial charge in [0.15, 0.2) is 0 Å². The van der Waals surface area contributed by atoms with Gasteiger partial charge in [0.2, 0.25) is 11.7 Å². The van der Waals surface area contributed by atoms with Gasteiger partial charge in [-0.1, -0.05) is 0 Å². The highest BCUT2D eigenvalue weighted by molar-refractivity contribution is 5.84. The number of hydrogen-bond acceptors (Lipinski definition) is 5. The molecule has 102 valence electrons. The summed E-state index contributed by atoms with van der Waals surface area (Å²) >= 11 is 0. The molecule has 0 saturated carbocycles. The smallest absolute Gasteiger partial charge is 0.371 e. The molecule has 0 aliphatic rings. The van der Waals surface area contributed by atoms with E-state index in [0.29, 0.717) is 18.2 Å². The number of rotatable bonds is 5. The lowest BCUT2D eigenvalue weighted by Crippen LogP contribution is -2.17. The number of carboxylic acid groups (broad SMARTS) is 1. The number of aryl methyl sites for hydroxylation is 2. The molecule has 0 aromatic carbocycles. The SMILES string of the molecule is Cc1nc(CNC(C)c2ccc(C(=O)O)o2)oc1C. The van der Waals surface area contributed by atoms with Gasteiger partial charge < -0.3 is 13.9 Å². The number of aromatic nitrogens is 1. The Morgan fingerprint density at radius 1 is 1.42 bits per heavy atom. The van der Waals surface area contributed by atoms with Gasteiger partial charge in [-0.2, -0.15) is 0 Å². The zero-order valence-corrected chi connectivity index (χ0v) is 11.1. The lowest BCUT2D eigenvalue weighted by Gasteiger charge is -2.09. The van der Waals surface area contributed by atoms with E-state index in [1.165, 1.54) is 6.07 Å². The van der Waals surface area contributed by atoms with Crippen LogP contribution in [0.4, 0.5) is 0 Å². The summed E-state index contributed by atoms with van der Waals surface area (Å²) in [5.41, 5.74) is 0.871. The average Bonchev–Trinajstić information content (AvgIpc) is 2.95. The number of nitrogens with zero attached hydrogens (tertiary/aromatic N) is 1. The van der Waals surface area contributed by atoms with Gasteiger partial charge in [-0.25, -0.2) is 9.78 Å². The molecular formula is C13H16N2O4. The van der Waals surface area contributed by atoms with Crippen LogP contribution >= 0.6 is 0 Å². The summed E-state index contributed by atoms with van der Waals surface area (Å²) in [6.45, 7) is 6.09. The van der Waals surface area contributed by atoms with Crippen molar-refractivity contribution in [2.45, 2.75) is 33.4 Å². The lowest BCUT2D eigenvalue weighted by atomic mass is 10.2. The molecule has 0 amide bonds. The van der Waals surface area contributed by atoms with E-state index in [9.17, 15) is 4.79 Å². The molecule has 0 spiro atoms. The van der Waals surface area contributed by atoms with Crippen LogP contribution in [-0.4, -0.2) is 16.1 Å². The van der Waals surface area contributed by atoms with Gasteiger partial charge in [-0.15, -0.1) is 0 Å². The Hall–Kier alpha value is -2.08. The van der Waals surface area contributed by atoms with Crippen molar-refractivity contribution in [2.75, 3.05) is 0 Å². The molecule has 0 aliphatic carbocycles. The van der Waals surface area contributed by atoms with Crippen molar-refractivity contribution in [3.05, 3.63) is 41.0 Å². The predicted octanol–water partition coefficient (Wildman–Crippen LogP) is 2.43. The number of nitrogens with one attached hydrogen (secondary N) is 1. The van der Waals surface area contributed by atoms with Crippen molar-refractivity contribution in [1.29, 1.82) is 0 Å². The Balaban J connectivity index is 1.96. The van der Waals surface area contributed by atoms with Crippen molar-refractivity contribution >= 4 is 5.97 Å². The number of hydrogen-bond donors (Lipinski definition) is 2. The Bertz CT molecular complexity index is 566. The molecule has 0 bridgehead atoms. The van der Waals surface area contributed by atoms with Crippen LogP contribution in [0.2, 0.25) is 0 Å². The van der Waals surface area contributed by atoms with Crippen LogP contribution < -0.4 is 5.32 Å². The van der Waals surface area contributed by atoms with E-state index in [4.69, 9.17) is 13.9 Å². The molecule has 2 N–H and O–H groups in total. The summed E-state index contributed by atoms with van der Waals surface area (Å²) in [6.07, 6.45) is 0. The molecule has 0 saturated heterocycles. The quantitative estimate of drug-likeness (QED) is 0.862. The third kappa shape index (κ3) is 3.03. The first-order chi connectivity index (χ1) is 8.97. The maximum Gasteiger partial charge on any atom is 0.371 e. The fraction of sp³-hybridized carbons (Fsp3) is 0.385. The zero-order chi connectivity index (χ0) is 14.0. The van der Waals surface area contributed by atoms with Gasteiger partial charge in [0.1, 0.15) is 11.5 Å². The maximum atomic E-state index is 10.7. The molecule has 2 aromatic heterocycles. The molecule has 2 heterocycles. The zero-order valence-electron chi connectivity index (χ0n) is 11.1. The van der Waals surface area contributed by atoms with Gasteiger partial charge >= 0.3 is 5.97 Å². The molecule has 2 aromatic rings. The fourth-order valence-corrected chi connectivity index (χ4v) is 1.66. The van der Waals surface area contributed by atoms with E-state index in [1.54, 1.807) is 6.07 Å². The van der Waals surface area contributed by atoms with Crippen LogP contribution in [0.3, 0.4) is 0 Å². The van der Waals surface area contributed by atoms with Crippen LogP contribution in [0.25, 0.3) is 0 Å². The van der Waals surface area contributed by atoms with Crippen LogP contribution in [0, 0.1) is 13.8 Å². The average molecular weight is 264 g/mol. The van der Waals surface area contributed by atoms with Gasteiger partial charge in [-0.3, -0.25) is 5.32 Å². The maximum absolute atomic E-state index is 10.7. The number of aromatic carboxylic acids is 1. The molecule has 1 atom stereocenters. The van der Waals surface area contributed by atoms with Gasteiger partial charge in [0.25, 0.3) is 0 Å². The van der Waals surface area contributed by atoms with E-state index in [2.05, 4.69) is 10.3 Å². The minimum absolute atomic E-state index is 0.0635. The first-order valence-electron chi connectivity index (χ1n) is 5.96. The van der Waals surface area contributed by atoms with E-state index < -0.39 is 5.97 Å². The van der Waals surface area contributed by atoms with Crippen LogP contribution in [0.1, 0.15) is 46.6 Å². The van der Waals surface area contributed by atoms with Crippen molar-refractivity contribution in [1.82, 2.24) is 10.3 Å². The van der Waals surface area contributed by atoms with E-state index >= 15 is 0 Å². The number of carbonyl (C=O) groups is 1. The first-order valence-corrected chi connectivity index (χ1v) is 5.96. The second-order valence-electron chi connectivity index (χ2n) is 4.36. The van der Waals surface area contributed by atoms with Crippen LogP contribution in [0.15, 0.2) is 21.0 Å². The van der Waals surface area contributed by atoms with Gasteiger partial charge in [0, 0.05) is 0 Å². The lowest BCUT2D eigenvalue weighted by molar-refractivity contribution is 0.0659. The van der Waals surface area contributed by atoms with Crippen LogP contribution in [-0.2, 0) is 6.54 Å². The van der Waals surface area contributed by atoms with E-state index in [1.807, 2.05) is 20.8 Å². The Morgan fingerprint density at radius 2 is 2.16 bits per heavy atom. The Morgan fingerprint density at radius 3 is 2.68 bits per heavy atom. The van der Waals surface area contributed by atoms with Crippen molar-refractivity contribution in [3.8, 4) is 0 Å². The summed E-state index contributed by atoms with van der Waals surface area (Å²) in [6, 6.07) is 2.96. The van der Waals surface area contributed by atoms with Gasteiger partial charge in [0.05, 0.1) is 18.3 Å². The van der Waals surface area contributed by atoms with Crippen molar-refractivity contribution in [2.24, 2.45) is 0 Å². The predicted molar refractivity (Wildman–Crippen MR) is 66.9 cm³/mol. The highest BCUT2D eigenvalue weighted by Crippen LogP contribution is 2.17. The molecule has 6 nitrogen and oxygen atoms in total.